The summed E-state index contributed by atoms with van der Waals surface area (Å²) in [5, 5.41) is 9.11. The maximum absolute atomic E-state index is 13.0. The average molecular weight is 304 g/mol. The van der Waals surface area contributed by atoms with Crippen molar-refractivity contribution in [1.82, 2.24) is 4.90 Å². The molecule has 4 nitrogen and oxygen atoms in total. The molecule has 122 valence electrons. The van der Waals surface area contributed by atoms with Crippen LogP contribution in [0.5, 0.6) is 0 Å². The summed E-state index contributed by atoms with van der Waals surface area (Å²) >= 11 is 0. The Kier molecular flexibility index (Phi) is 5.98. The Balaban J connectivity index is 2.16. The van der Waals surface area contributed by atoms with Crippen LogP contribution in [0.25, 0.3) is 0 Å². The maximum Gasteiger partial charge on any atom is 0.244 e. The van der Waals surface area contributed by atoms with Gasteiger partial charge in [0, 0.05) is 31.9 Å². The summed E-state index contributed by atoms with van der Waals surface area (Å²) in [6.07, 6.45) is 3.85. The van der Waals surface area contributed by atoms with Crippen molar-refractivity contribution in [3.05, 3.63) is 29.8 Å². The number of aliphatic hydroxyl groups is 1. The van der Waals surface area contributed by atoms with Crippen molar-refractivity contribution in [1.29, 1.82) is 0 Å². The van der Waals surface area contributed by atoms with Crippen molar-refractivity contribution in [2.24, 2.45) is 0 Å². The quantitative estimate of drug-likeness (QED) is 0.909. The van der Waals surface area contributed by atoms with Gasteiger partial charge in [-0.05, 0) is 51.2 Å². The lowest BCUT2D eigenvalue weighted by Gasteiger charge is -2.41. The van der Waals surface area contributed by atoms with Crippen molar-refractivity contribution in [3.8, 4) is 0 Å². The van der Waals surface area contributed by atoms with Gasteiger partial charge in [-0.15, -0.1) is 0 Å². The molecule has 0 aromatic heterocycles. The standard InChI is InChI=1S/C18H28N2O2/c1-14-8-4-5-10-16(14)19(3)18(22)17-11-6-9-15(2)20(17)12-7-13-21/h4-5,8,10,15,17,21H,6-7,9,11-13H2,1-3H3. The molecule has 1 aromatic carbocycles. The zero-order valence-electron chi connectivity index (χ0n) is 14.0. The Hall–Kier alpha value is -1.39. The lowest BCUT2D eigenvalue weighted by molar-refractivity contribution is -0.126. The summed E-state index contributed by atoms with van der Waals surface area (Å²) in [5.41, 5.74) is 2.09. The van der Waals surface area contributed by atoms with E-state index in [9.17, 15) is 4.79 Å². The molecule has 0 spiro atoms. The summed E-state index contributed by atoms with van der Waals surface area (Å²) in [4.78, 5) is 17.1. The lowest BCUT2D eigenvalue weighted by Crippen LogP contribution is -2.53. The van der Waals surface area contributed by atoms with Crippen LogP contribution in [-0.2, 0) is 4.79 Å². The number of rotatable bonds is 5. The Labute approximate surface area is 133 Å². The number of aryl methyl sites for hydroxylation is 1. The normalized spacial score (nSPS) is 22.5. The third-order valence-electron chi connectivity index (χ3n) is 4.73. The molecule has 0 radical (unpaired) electrons. The van der Waals surface area contributed by atoms with Gasteiger partial charge in [0.25, 0.3) is 0 Å². The second kappa shape index (κ2) is 7.75. The molecule has 1 N–H and O–H groups in total. The fourth-order valence-corrected chi connectivity index (χ4v) is 3.42. The first-order chi connectivity index (χ1) is 10.6. The molecule has 1 saturated heterocycles. The van der Waals surface area contributed by atoms with Crippen molar-refractivity contribution in [2.75, 3.05) is 25.1 Å². The minimum absolute atomic E-state index is 0.0695. The number of likely N-dealkylation sites (tertiary alicyclic amines) is 1. The molecule has 2 atom stereocenters. The molecule has 1 fully saturated rings. The number of para-hydroxylation sites is 1. The first-order valence-corrected chi connectivity index (χ1v) is 8.26. The topological polar surface area (TPSA) is 43.8 Å². The highest BCUT2D eigenvalue weighted by atomic mass is 16.3. The maximum atomic E-state index is 13.0. The van der Waals surface area contributed by atoms with Gasteiger partial charge in [-0.2, -0.15) is 0 Å². The third kappa shape index (κ3) is 3.68. The number of hydrogen-bond acceptors (Lipinski definition) is 3. The van der Waals surface area contributed by atoms with Crippen molar-refractivity contribution in [3.63, 3.8) is 0 Å². The Morgan fingerprint density at radius 3 is 2.77 bits per heavy atom. The molecule has 22 heavy (non-hydrogen) atoms. The first kappa shape index (κ1) is 17.0. The highest BCUT2D eigenvalue weighted by Gasteiger charge is 2.34. The van der Waals surface area contributed by atoms with E-state index in [-0.39, 0.29) is 18.6 Å². The second-order valence-corrected chi connectivity index (χ2v) is 6.29. The summed E-state index contributed by atoms with van der Waals surface area (Å²) < 4.78 is 0. The van der Waals surface area contributed by atoms with E-state index in [1.807, 2.05) is 38.2 Å². The van der Waals surface area contributed by atoms with E-state index in [4.69, 9.17) is 5.11 Å². The van der Waals surface area contributed by atoms with E-state index in [0.717, 1.165) is 43.5 Å². The number of amides is 1. The molecule has 4 heteroatoms. The van der Waals surface area contributed by atoms with Crippen LogP contribution in [0.15, 0.2) is 24.3 Å². The van der Waals surface area contributed by atoms with E-state index in [2.05, 4.69) is 11.8 Å². The largest absolute Gasteiger partial charge is 0.396 e. The number of hydrogen-bond donors (Lipinski definition) is 1. The number of aliphatic hydroxyl groups excluding tert-OH is 1. The molecule has 1 aliphatic heterocycles. The van der Waals surface area contributed by atoms with Crippen molar-refractivity contribution < 1.29 is 9.90 Å². The number of nitrogens with zero attached hydrogens (tertiary/aromatic N) is 2. The van der Waals surface area contributed by atoms with Gasteiger partial charge < -0.3 is 10.0 Å². The molecular formula is C18H28N2O2. The minimum Gasteiger partial charge on any atom is -0.396 e. The molecule has 2 rings (SSSR count). The predicted octanol–water partition coefficient (Wildman–Crippen LogP) is 2.58. The predicted molar refractivity (Wildman–Crippen MR) is 90.1 cm³/mol. The highest BCUT2D eigenvalue weighted by molar-refractivity contribution is 5.97. The summed E-state index contributed by atoms with van der Waals surface area (Å²) in [7, 11) is 1.87. The van der Waals surface area contributed by atoms with E-state index in [1.165, 1.54) is 0 Å². The van der Waals surface area contributed by atoms with Gasteiger partial charge in [0.05, 0.1) is 6.04 Å². The minimum atomic E-state index is -0.0695. The van der Waals surface area contributed by atoms with Crippen LogP contribution >= 0.6 is 0 Å². The van der Waals surface area contributed by atoms with Gasteiger partial charge in [-0.3, -0.25) is 9.69 Å². The molecule has 0 saturated carbocycles. The van der Waals surface area contributed by atoms with Crippen LogP contribution in [0, 0.1) is 6.92 Å². The molecule has 0 bridgehead atoms. The molecule has 2 unspecified atom stereocenters. The van der Waals surface area contributed by atoms with Gasteiger partial charge in [-0.1, -0.05) is 18.2 Å². The number of carbonyl (C=O) groups is 1. The zero-order chi connectivity index (χ0) is 16.1. The van der Waals surface area contributed by atoms with Gasteiger partial charge in [0.2, 0.25) is 5.91 Å². The highest BCUT2D eigenvalue weighted by Crippen LogP contribution is 2.27. The fraction of sp³-hybridized carbons (Fsp3) is 0.611. The summed E-state index contributed by atoms with van der Waals surface area (Å²) in [6, 6.07) is 8.33. The van der Waals surface area contributed by atoms with E-state index in [1.54, 1.807) is 4.90 Å². The Bertz CT molecular complexity index is 504. The van der Waals surface area contributed by atoms with Crippen LogP contribution in [0.4, 0.5) is 5.69 Å². The molecule has 1 amide bonds. The van der Waals surface area contributed by atoms with E-state index >= 15 is 0 Å². The van der Waals surface area contributed by atoms with Gasteiger partial charge in [0.1, 0.15) is 0 Å². The molecule has 1 aliphatic rings. The zero-order valence-corrected chi connectivity index (χ0v) is 14.0. The average Bonchev–Trinajstić information content (AvgIpc) is 2.52. The Morgan fingerprint density at radius 1 is 1.36 bits per heavy atom. The van der Waals surface area contributed by atoms with E-state index in [0.29, 0.717) is 6.04 Å². The smallest absolute Gasteiger partial charge is 0.244 e. The molecule has 1 aromatic rings. The molecule has 0 aliphatic carbocycles. The monoisotopic (exact) mass is 304 g/mol. The number of anilines is 1. The van der Waals surface area contributed by atoms with Crippen LogP contribution in [0.3, 0.4) is 0 Å². The number of benzene rings is 1. The van der Waals surface area contributed by atoms with Crippen LogP contribution in [-0.4, -0.2) is 48.2 Å². The van der Waals surface area contributed by atoms with Crippen molar-refractivity contribution in [2.45, 2.75) is 51.6 Å². The molecular weight excluding hydrogens is 276 g/mol. The van der Waals surface area contributed by atoms with Gasteiger partial charge >= 0.3 is 0 Å². The van der Waals surface area contributed by atoms with E-state index < -0.39 is 0 Å². The lowest BCUT2D eigenvalue weighted by atomic mass is 9.95. The van der Waals surface area contributed by atoms with Crippen molar-refractivity contribution >= 4 is 11.6 Å². The number of piperidine rings is 1. The second-order valence-electron chi connectivity index (χ2n) is 6.29. The third-order valence-corrected chi connectivity index (χ3v) is 4.73. The number of likely N-dealkylation sites (N-methyl/N-ethyl adjacent to an activating group) is 1. The van der Waals surface area contributed by atoms with Crippen LogP contribution in [0.2, 0.25) is 0 Å². The van der Waals surface area contributed by atoms with Crippen LogP contribution in [0.1, 0.15) is 38.2 Å². The Morgan fingerprint density at radius 2 is 2.09 bits per heavy atom. The van der Waals surface area contributed by atoms with Gasteiger partial charge in [-0.25, -0.2) is 0 Å². The molecule has 1 heterocycles. The fourth-order valence-electron chi connectivity index (χ4n) is 3.42. The first-order valence-electron chi connectivity index (χ1n) is 8.26. The SMILES string of the molecule is Cc1ccccc1N(C)C(=O)C1CCCC(C)N1CCCO. The van der Waals surface area contributed by atoms with Crippen LogP contribution < -0.4 is 4.90 Å². The summed E-state index contributed by atoms with van der Waals surface area (Å²) in [6.45, 7) is 5.18. The van der Waals surface area contributed by atoms with Gasteiger partial charge in [0.15, 0.2) is 0 Å². The summed E-state index contributed by atoms with van der Waals surface area (Å²) in [5.74, 6) is 0.166. The number of carbonyl (C=O) groups excluding carboxylic acids is 1.